The van der Waals surface area contributed by atoms with E-state index in [9.17, 15) is 9.59 Å². The van der Waals surface area contributed by atoms with Crippen molar-refractivity contribution in [3.63, 3.8) is 0 Å². The van der Waals surface area contributed by atoms with Crippen LogP contribution in [0.4, 0.5) is 0 Å². The molecule has 0 heterocycles. The Labute approximate surface area is 206 Å². The summed E-state index contributed by atoms with van der Waals surface area (Å²) in [6.07, 6.45) is 1.53. The highest BCUT2D eigenvalue weighted by Crippen LogP contribution is 2.28. The van der Waals surface area contributed by atoms with Crippen molar-refractivity contribution >= 4 is 35.0 Å². The maximum absolute atomic E-state index is 13.3. The van der Waals surface area contributed by atoms with E-state index in [1.807, 2.05) is 38.1 Å². The largest absolute Gasteiger partial charge is 0.493 e. The van der Waals surface area contributed by atoms with Gasteiger partial charge in [-0.3, -0.25) is 9.59 Å². The summed E-state index contributed by atoms with van der Waals surface area (Å²) in [6.45, 7) is 5.92. The summed E-state index contributed by atoms with van der Waals surface area (Å²) in [5.41, 5.74) is 1.74. The van der Waals surface area contributed by atoms with Gasteiger partial charge in [-0.15, -0.1) is 0 Å². The lowest BCUT2D eigenvalue weighted by Crippen LogP contribution is -2.49. The molecule has 0 aliphatic rings. The molecule has 2 aromatic carbocycles. The van der Waals surface area contributed by atoms with Crippen LogP contribution in [0.5, 0.6) is 11.5 Å². The minimum Gasteiger partial charge on any atom is -0.493 e. The number of aryl methyl sites for hydroxylation is 1. The summed E-state index contributed by atoms with van der Waals surface area (Å²) in [7, 11) is 3.15. The van der Waals surface area contributed by atoms with E-state index < -0.39 is 6.04 Å². The average molecular weight is 495 g/mol. The molecule has 2 rings (SSSR count). The molecule has 2 amide bonds. The van der Waals surface area contributed by atoms with Crippen LogP contribution in [0, 0.1) is 0 Å². The van der Waals surface area contributed by atoms with E-state index in [-0.39, 0.29) is 30.8 Å². The zero-order chi connectivity index (χ0) is 24.5. The summed E-state index contributed by atoms with van der Waals surface area (Å²) in [6, 6.07) is 10.2. The van der Waals surface area contributed by atoms with Crippen LogP contribution in [-0.4, -0.2) is 43.0 Å². The normalized spacial score (nSPS) is 12.6. The minimum absolute atomic E-state index is 0.0219. The maximum atomic E-state index is 13.3. The lowest BCUT2D eigenvalue weighted by Gasteiger charge is -2.30. The second-order valence-corrected chi connectivity index (χ2v) is 8.77. The second kappa shape index (κ2) is 12.7. The fourth-order valence-electron chi connectivity index (χ4n) is 3.31. The molecule has 2 unspecified atom stereocenters. The fraction of sp³-hybridized carbons (Fsp3) is 0.440. The quantitative estimate of drug-likeness (QED) is 0.461. The monoisotopic (exact) mass is 494 g/mol. The highest BCUT2D eigenvalue weighted by molar-refractivity contribution is 6.42. The molecular weight excluding hydrogens is 463 g/mol. The first-order valence-electron chi connectivity index (χ1n) is 10.9. The number of carbonyl (C=O) groups excluding carboxylic acids is 2. The van der Waals surface area contributed by atoms with Crippen LogP contribution in [0.3, 0.4) is 0 Å². The van der Waals surface area contributed by atoms with Gasteiger partial charge in [0, 0.05) is 19.0 Å². The number of amides is 2. The average Bonchev–Trinajstić information content (AvgIpc) is 2.82. The second-order valence-electron chi connectivity index (χ2n) is 7.95. The topological polar surface area (TPSA) is 67.9 Å². The van der Waals surface area contributed by atoms with Crippen LogP contribution < -0.4 is 14.8 Å². The first-order valence-corrected chi connectivity index (χ1v) is 11.7. The Morgan fingerprint density at radius 3 is 2.24 bits per heavy atom. The van der Waals surface area contributed by atoms with Gasteiger partial charge in [-0.2, -0.15) is 0 Å². The lowest BCUT2D eigenvalue weighted by molar-refractivity contribution is -0.140. The Bertz CT molecular complexity index is 967. The Morgan fingerprint density at radius 2 is 1.64 bits per heavy atom. The molecule has 0 aliphatic heterocycles. The van der Waals surface area contributed by atoms with E-state index in [1.54, 1.807) is 38.2 Å². The van der Waals surface area contributed by atoms with Crippen molar-refractivity contribution in [3.05, 3.63) is 57.6 Å². The van der Waals surface area contributed by atoms with Gasteiger partial charge in [0.1, 0.15) is 6.04 Å². The zero-order valence-corrected chi connectivity index (χ0v) is 21.3. The van der Waals surface area contributed by atoms with E-state index in [2.05, 4.69) is 5.32 Å². The molecule has 0 bridgehead atoms. The van der Waals surface area contributed by atoms with Crippen LogP contribution in [-0.2, 0) is 22.6 Å². The fourth-order valence-corrected chi connectivity index (χ4v) is 3.63. The Hall–Kier alpha value is -2.44. The van der Waals surface area contributed by atoms with E-state index in [0.717, 1.165) is 17.5 Å². The number of benzene rings is 2. The summed E-state index contributed by atoms with van der Waals surface area (Å²) >= 11 is 12.2. The third-order valence-electron chi connectivity index (χ3n) is 5.58. The zero-order valence-electron chi connectivity index (χ0n) is 19.8. The number of carbonyl (C=O) groups is 2. The van der Waals surface area contributed by atoms with Gasteiger partial charge < -0.3 is 19.7 Å². The summed E-state index contributed by atoms with van der Waals surface area (Å²) in [5, 5.41) is 3.81. The molecule has 2 aromatic rings. The number of ether oxygens (including phenoxy) is 2. The van der Waals surface area contributed by atoms with Crippen LogP contribution in [0.1, 0.15) is 44.7 Å². The molecule has 0 aromatic heterocycles. The van der Waals surface area contributed by atoms with E-state index in [4.69, 9.17) is 32.7 Å². The molecule has 0 aliphatic carbocycles. The molecule has 6 nitrogen and oxygen atoms in total. The van der Waals surface area contributed by atoms with Gasteiger partial charge in [-0.1, -0.05) is 42.3 Å². The molecule has 8 heteroatoms. The highest BCUT2D eigenvalue weighted by atomic mass is 35.5. The van der Waals surface area contributed by atoms with Crippen LogP contribution in [0.15, 0.2) is 36.4 Å². The van der Waals surface area contributed by atoms with Crippen LogP contribution >= 0.6 is 23.2 Å². The van der Waals surface area contributed by atoms with Crippen molar-refractivity contribution in [2.45, 2.75) is 58.7 Å². The van der Waals surface area contributed by atoms with Crippen molar-refractivity contribution in [1.82, 2.24) is 10.2 Å². The van der Waals surface area contributed by atoms with Gasteiger partial charge in [-0.25, -0.2) is 0 Å². The number of rotatable bonds is 11. The number of methoxy groups -OCH3 is 2. The SMILES string of the molecule is CCC(C)NC(=O)C(C)N(Cc1ccc(Cl)c(Cl)c1)C(=O)CCc1ccc(OC)c(OC)c1. The predicted molar refractivity (Wildman–Crippen MR) is 132 cm³/mol. The molecular formula is C25H32Cl2N2O4. The smallest absolute Gasteiger partial charge is 0.242 e. The standard InChI is InChI=1S/C25H32Cl2N2O4/c1-6-16(2)28-25(31)17(3)29(15-19-7-10-20(26)21(27)13-19)24(30)12-9-18-8-11-22(32-4)23(14-18)33-5/h7-8,10-11,13-14,16-17H,6,9,12,15H2,1-5H3,(H,28,31). The first-order chi connectivity index (χ1) is 15.7. The lowest BCUT2D eigenvalue weighted by atomic mass is 10.1. The van der Waals surface area contributed by atoms with E-state index >= 15 is 0 Å². The molecule has 0 fully saturated rings. The van der Waals surface area contributed by atoms with Crippen molar-refractivity contribution in [3.8, 4) is 11.5 Å². The number of nitrogens with zero attached hydrogens (tertiary/aromatic N) is 1. The van der Waals surface area contributed by atoms with Crippen molar-refractivity contribution < 1.29 is 19.1 Å². The highest BCUT2D eigenvalue weighted by Gasteiger charge is 2.26. The molecule has 0 radical (unpaired) electrons. The van der Waals surface area contributed by atoms with Gasteiger partial charge in [0.2, 0.25) is 11.8 Å². The summed E-state index contributed by atoms with van der Waals surface area (Å²) in [5.74, 6) is 0.909. The minimum atomic E-state index is -0.647. The Morgan fingerprint density at radius 1 is 0.970 bits per heavy atom. The van der Waals surface area contributed by atoms with Gasteiger partial charge in [0.15, 0.2) is 11.5 Å². The van der Waals surface area contributed by atoms with Crippen molar-refractivity contribution in [1.29, 1.82) is 0 Å². The number of halogens is 2. The van der Waals surface area contributed by atoms with Crippen molar-refractivity contribution in [2.75, 3.05) is 14.2 Å². The molecule has 0 saturated carbocycles. The van der Waals surface area contributed by atoms with Gasteiger partial charge in [0.05, 0.1) is 24.3 Å². The van der Waals surface area contributed by atoms with E-state index in [0.29, 0.717) is 28.0 Å². The molecule has 180 valence electrons. The number of hydrogen-bond donors (Lipinski definition) is 1. The molecule has 0 spiro atoms. The third-order valence-corrected chi connectivity index (χ3v) is 6.32. The van der Waals surface area contributed by atoms with Gasteiger partial charge in [0.25, 0.3) is 0 Å². The van der Waals surface area contributed by atoms with Crippen LogP contribution in [0.2, 0.25) is 10.0 Å². The third kappa shape index (κ3) is 7.54. The first kappa shape index (κ1) is 26.8. The maximum Gasteiger partial charge on any atom is 0.242 e. The van der Waals surface area contributed by atoms with Crippen LogP contribution in [0.25, 0.3) is 0 Å². The van der Waals surface area contributed by atoms with Crippen molar-refractivity contribution in [2.24, 2.45) is 0 Å². The number of hydrogen-bond acceptors (Lipinski definition) is 4. The van der Waals surface area contributed by atoms with E-state index in [1.165, 1.54) is 0 Å². The Kier molecular flexibility index (Phi) is 10.3. The molecule has 33 heavy (non-hydrogen) atoms. The van der Waals surface area contributed by atoms with Gasteiger partial charge in [-0.05, 0) is 62.1 Å². The predicted octanol–water partition coefficient (Wildman–Crippen LogP) is 5.28. The Balaban J connectivity index is 2.21. The molecule has 2 atom stereocenters. The molecule has 0 saturated heterocycles. The molecule has 1 N–H and O–H groups in total. The summed E-state index contributed by atoms with van der Waals surface area (Å²) in [4.78, 5) is 27.7. The van der Waals surface area contributed by atoms with Gasteiger partial charge >= 0.3 is 0 Å². The number of nitrogens with one attached hydrogen (secondary N) is 1. The summed E-state index contributed by atoms with van der Waals surface area (Å²) < 4.78 is 10.6.